The van der Waals surface area contributed by atoms with Crippen molar-refractivity contribution in [3.8, 4) is 0 Å². The Morgan fingerprint density at radius 3 is 2.03 bits per heavy atom. The Labute approximate surface area is 170 Å². The molecule has 4 nitrogen and oxygen atoms in total. The van der Waals surface area contributed by atoms with Crippen LogP contribution < -0.4 is 0 Å². The Bertz CT molecular complexity index is 1000. The third-order valence-electron chi connectivity index (χ3n) is 5.72. The van der Waals surface area contributed by atoms with Gasteiger partial charge in [0.1, 0.15) is 0 Å². The molecule has 0 saturated heterocycles. The van der Waals surface area contributed by atoms with Crippen LogP contribution >= 0.6 is 0 Å². The number of carbonyl (C=O) groups is 2. The zero-order valence-corrected chi connectivity index (χ0v) is 16.3. The molecule has 160 valence electrons. The van der Waals surface area contributed by atoms with E-state index in [1.165, 1.54) is 18.2 Å². The molecule has 0 saturated carbocycles. The topological polar surface area (TPSA) is 74.6 Å². The second kappa shape index (κ2) is 7.41. The van der Waals surface area contributed by atoms with Crippen molar-refractivity contribution in [2.75, 3.05) is 0 Å². The zero-order valence-electron chi connectivity index (χ0n) is 16.3. The first kappa shape index (κ1) is 21.8. The number of hydrogen-bond acceptors (Lipinski definition) is 2. The summed E-state index contributed by atoms with van der Waals surface area (Å²) >= 11 is 0. The van der Waals surface area contributed by atoms with Crippen LogP contribution in [0, 0.1) is 5.92 Å². The van der Waals surface area contributed by atoms with Gasteiger partial charge in [0.05, 0.1) is 0 Å². The van der Waals surface area contributed by atoms with Gasteiger partial charge in [-0.05, 0) is 35.1 Å². The second-order valence-corrected chi connectivity index (χ2v) is 7.24. The number of carboxylic acids is 2. The van der Waals surface area contributed by atoms with E-state index in [1.807, 2.05) is 0 Å². The molecule has 1 unspecified atom stereocenters. The van der Waals surface area contributed by atoms with Crippen molar-refractivity contribution >= 4 is 11.9 Å². The van der Waals surface area contributed by atoms with E-state index in [-0.39, 0.29) is 12.0 Å². The Kier molecular flexibility index (Phi) is 5.39. The number of halogens is 4. The van der Waals surface area contributed by atoms with Crippen LogP contribution in [0.15, 0.2) is 36.4 Å². The van der Waals surface area contributed by atoms with E-state index in [1.54, 1.807) is 13.8 Å². The molecule has 2 aromatic carbocycles. The quantitative estimate of drug-likeness (QED) is 0.528. The van der Waals surface area contributed by atoms with E-state index >= 15 is 17.6 Å². The predicted molar refractivity (Wildman–Crippen MR) is 100 cm³/mol. The molecular formula is C22H20F4O4. The summed E-state index contributed by atoms with van der Waals surface area (Å²) in [6.07, 6.45) is 0.308. The lowest BCUT2D eigenvalue weighted by Gasteiger charge is -2.29. The molecular weight excluding hydrogens is 404 g/mol. The molecule has 1 atom stereocenters. The highest BCUT2D eigenvalue weighted by Gasteiger charge is 2.64. The van der Waals surface area contributed by atoms with Crippen LogP contribution in [-0.4, -0.2) is 22.2 Å². The summed E-state index contributed by atoms with van der Waals surface area (Å²) in [5.41, 5.74) is -2.44. The van der Waals surface area contributed by atoms with Gasteiger partial charge in [-0.15, -0.1) is 0 Å². The van der Waals surface area contributed by atoms with E-state index in [4.69, 9.17) is 0 Å². The lowest BCUT2D eigenvalue weighted by molar-refractivity contribution is -0.223. The molecule has 8 heteroatoms. The standard InChI is InChI=1S/C22H20F4O4/c1-3-11-9-10-14-16(17(19(27)28)20(29)30)13-7-5-6-8-15(13)21(23,24)22(25,26)18(14)12(11)4-2/h5-10,16-17H,3-4H2,1-2H3,(H,27,28)(H,29,30). The summed E-state index contributed by atoms with van der Waals surface area (Å²) < 4.78 is 61.5. The molecule has 0 radical (unpaired) electrons. The fourth-order valence-corrected chi connectivity index (χ4v) is 4.37. The van der Waals surface area contributed by atoms with Crippen molar-refractivity contribution in [2.24, 2.45) is 5.92 Å². The minimum atomic E-state index is -4.66. The fourth-order valence-electron chi connectivity index (χ4n) is 4.37. The molecule has 0 aromatic heterocycles. The molecule has 0 bridgehead atoms. The van der Waals surface area contributed by atoms with Crippen molar-refractivity contribution in [3.05, 3.63) is 69.8 Å². The number of carboxylic acid groups (broad SMARTS) is 2. The average molecular weight is 424 g/mol. The third-order valence-corrected chi connectivity index (χ3v) is 5.72. The molecule has 1 aliphatic carbocycles. The van der Waals surface area contributed by atoms with E-state index < -0.39 is 57.9 Å². The monoisotopic (exact) mass is 424 g/mol. The number of benzene rings is 2. The number of fused-ring (bicyclic) bond motifs is 2. The van der Waals surface area contributed by atoms with E-state index in [9.17, 15) is 19.8 Å². The van der Waals surface area contributed by atoms with Crippen LogP contribution in [0.5, 0.6) is 0 Å². The molecule has 30 heavy (non-hydrogen) atoms. The highest BCUT2D eigenvalue weighted by Crippen LogP contribution is 2.58. The molecule has 0 fully saturated rings. The van der Waals surface area contributed by atoms with Gasteiger partial charge in [-0.2, -0.15) is 17.6 Å². The number of aliphatic carboxylic acids is 2. The molecule has 0 amide bonds. The summed E-state index contributed by atoms with van der Waals surface area (Å²) in [6, 6.07) is 6.99. The van der Waals surface area contributed by atoms with Gasteiger partial charge in [-0.25, -0.2) is 0 Å². The maximum absolute atomic E-state index is 15.5. The van der Waals surface area contributed by atoms with Crippen LogP contribution in [0.4, 0.5) is 17.6 Å². The van der Waals surface area contributed by atoms with Gasteiger partial charge in [0.25, 0.3) is 0 Å². The lowest BCUT2D eigenvalue weighted by atomic mass is 9.76. The molecule has 0 heterocycles. The van der Waals surface area contributed by atoms with Gasteiger partial charge < -0.3 is 10.2 Å². The largest absolute Gasteiger partial charge is 0.481 e. The molecule has 1 aliphatic rings. The molecule has 0 spiro atoms. The van der Waals surface area contributed by atoms with Crippen molar-refractivity contribution in [1.29, 1.82) is 0 Å². The number of hydrogen-bond donors (Lipinski definition) is 2. The highest BCUT2D eigenvalue weighted by molar-refractivity contribution is 5.95. The average Bonchev–Trinajstić information content (AvgIpc) is 2.74. The van der Waals surface area contributed by atoms with E-state index in [0.717, 1.165) is 18.2 Å². The van der Waals surface area contributed by atoms with Crippen LogP contribution in [0.2, 0.25) is 0 Å². The fraction of sp³-hybridized carbons (Fsp3) is 0.364. The van der Waals surface area contributed by atoms with Gasteiger partial charge >= 0.3 is 23.8 Å². The summed E-state index contributed by atoms with van der Waals surface area (Å²) in [4.78, 5) is 23.6. The van der Waals surface area contributed by atoms with Crippen molar-refractivity contribution in [2.45, 2.75) is 44.5 Å². The zero-order chi connectivity index (χ0) is 22.4. The number of rotatable bonds is 5. The Morgan fingerprint density at radius 1 is 0.900 bits per heavy atom. The van der Waals surface area contributed by atoms with Gasteiger partial charge in [0.2, 0.25) is 0 Å². The SMILES string of the molecule is CCc1ccc2c(c1CC)C(F)(F)C(F)(F)c1ccccc1C2C(C(=O)O)C(=O)O. The summed E-state index contributed by atoms with van der Waals surface area (Å²) in [5, 5.41) is 19.1. The Balaban J connectivity index is 2.55. The Morgan fingerprint density at radius 2 is 1.50 bits per heavy atom. The normalized spacial score (nSPS) is 19.0. The molecule has 3 rings (SSSR count). The lowest BCUT2D eigenvalue weighted by Crippen LogP contribution is -2.36. The molecule has 2 aromatic rings. The van der Waals surface area contributed by atoms with Crippen LogP contribution in [0.25, 0.3) is 0 Å². The summed E-state index contributed by atoms with van der Waals surface area (Å²) in [7, 11) is 0. The summed E-state index contributed by atoms with van der Waals surface area (Å²) in [6.45, 7) is 3.24. The number of aryl methyl sites for hydroxylation is 1. The first-order valence-electron chi connectivity index (χ1n) is 9.46. The van der Waals surface area contributed by atoms with Gasteiger partial charge in [0.15, 0.2) is 5.92 Å². The van der Waals surface area contributed by atoms with E-state index in [0.29, 0.717) is 12.0 Å². The van der Waals surface area contributed by atoms with Crippen LogP contribution in [0.1, 0.15) is 53.1 Å². The van der Waals surface area contributed by atoms with Crippen molar-refractivity contribution in [3.63, 3.8) is 0 Å². The van der Waals surface area contributed by atoms with Gasteiger partial charge in [0, 0.05) is 17.0 Å². The van der Waals surface area contributed by atoms with Gasteiger partial charge in [-0.1, -0.05) is 50.2 Å². The van der Waals surface area contributed by atoms with Crippen LogP contribution in [-0.2, 0) is 34.3 Å². The first-order valence-corrected chi connectivity index (χ1v) is 9.46. The predicted octanol–water partition coefficient (Wildman–Crippen LogP) is 4.93. The summed E-state index contributed by atoms with van der Waals surface area (Å²) in [5.74, 6) is -16.8. The smallest absolute Gasteiger partial charge is 0.340 e. The second-order valence-electron chi connectivity index (χ2n) is 7.24. The Hall–Kier alpha value is -2.90. The van der Waals surface area contributed by atoms with Crippen LogP contribution in [0.3, 0.4) is 0 Å². The molecule has 0 aliphatic heterocycles. The van der Waals surface area contributed by atoms with Gasteiger partial charge in [-0.3, -0.25) is 9.59 Å². The van der Waals surface area contributed by atoms with Crippen molar-refractivity contribution in [1.82, 2.24) is 0 Å². The first-order chi connectivity index (χ1) is 14.0. The third kappa shape index (κ3) is 2.97. The maximum atomic E-state index is 15.5. The van der Waals surface area contributed by atoms with Crippen molar-refractivity contribution < 1.29 is 37.4 Å². The minimum Gasteiger partial charge on any atom is -0.481 e. The van der Waals surface area contributed by atoms with E-state index in [2.05, 4.69) is 0 Å². The minimum absolute atomic E-state index is 0.00584. The molecule has 2 N–H and O–H groups in total. The maximum Gasteiger partial charge on any atom is 0.340 e. The number of alkyl halides is 4. The highest BCUT2D eigenvalue weighted by atomic mass is 19.3.